The molecule has 2 aliphatic heterocycles. The molecule has 0 atom stereocenters. The Labute approximate surface area is 141 Å². The highest BCUT2D eigenvalue weighted by Crippen LogP contribution is 2.15. The number of nitrogens with one attached hydrogen (secondary N) is 1. The summed E-state index contributed by atoms with van der Waals surface area (Å²) < 4.78 is 0. The van der Waals surface area contributed by atoms with Gasteiger partial charge in [-0.05, 0) is 18.4 Å². The van der Waals surface area contributed by atoms with E-state index < -0.39 is 0 Å². The fourth-order valence-corrected chi connectivity index (χ4v) is 2.98. The van der Waals surface area contributed by atoms with Crippen molar-refractivity contribution in [2.24, 2.45) is 0 Å². The molecule has 3 rings (SSSR count). The number of imide groups is 1. The lowest BCUT2D eigenvalue weighted by atomic mass is 10.2. The van der Waals surface area contributed by atoms with Crippen molar-refractivity contribution in [3.63, 3.8) is 0 Å². The minimum atomic E-state index is -0.336. The standard InChI is InChI=1S/C18H21N3O3/c22-16(20-10-4-5-11-20)8-9-19-15-12-17(23)21(18(15)24)13-14-6-2-1-3-7-14/h1-3,6-7,12,19H,4-5,8-11,13H2. The molecule has 1 aromatic rings. The highest BCUT2D eigenvalue weighted by molar-refractivity contribution is 6.15. The van der Waals surface area contributed by atoms with Crippen molar-refractivity contribution in [1.29, 1.82) is 0 Å². The van der Waals surface area contributed by atoms with E-state index in [1.807, 2.05) is 35.2 Å². The SMILES string of the molecule is O=C(CCNC1=CC(=O)N(Cc2ccccc2)C1=O)N1CCCC1. The number of rotatable bonds is 6. The summed E-state index contributed by atoms with van der Waals surface area (Å²) in [7, 11) is 0. The van der Waals surface area contributed by atoms with Crippen LogP contribution in [0.15, 0.2) is 42.1 Å². The van der Waals surface area contributed by atoms with Crippen LogP contribution in [0.2, 0.25) is 0 Å². The predicted octanol–water partition coefficient (Wildman–Crippen LogP) is 1.04. The van der Waals surface area contributed by atoms with Gasteiger partial charge in [-0.2, -0.15) is 0 Å². The summed E-state index contributed by atoms with van der Waals surface area (Å²) in [6.07, 6.45) is 3.76. The lowest BCUT2D eigenvalue weighted by Gasteiger charge is -2.16. The number of carbonyl (C=O) groups excluding carboxylic acids is 3. The van der Waals surface area contributed by atoms with Gasteiger partial charge >= 0.3 is 0 Å². The number of likely N-dealkylation sites (tertiary alicyclic amines) is 1. The normalized spacial score (nSPS) is 17.4. The Kier molecular flexibility index (Phi) is 4.93. The topological polar surface area (TPSA) is 69.7 Å². The zero-order valence-corrected chi connectivity index (χ0v) is 13.5. The van der Waals surface area contributed by atoms with Gasteiger partial charge in [0, 0.05) is 32.1 Å². The molecule has 126 valence electrons. The van der Waals surface area contributed by atoms with Gasteiger partial charge in [0.25, 0.3) is 11.8 Å². The average Bonchev–Trinajstić information content (AvgIpc) is 3.21. The summed E-state index contributed by atoms with van der Waals surface area (Å²) in [5, 5.41) is 2.93. The molecule has 2 aliphatic rings. The maximum Gasteiger partial charge on any atom is 0.277 e. The van der Waals surface area contributed by atoms with E-state index in [1.165, 1.54) is 11.0 Å². The molecule has 3 amide bonds. The number of hydrogen-bond acceptors (Lipinski definition) is 4. The molecule has 0 bridgehead atoms. The Morgan fingerprint density at radius 2 is 1.79 bits per heavy atom. The molecular formula is C18H21N3O3. The average molecular weight is 327 g/mol. The molecule has 0 unspecified atom stereocenters. The van der Waals surface area contributed by atoms with Crippen molar-refractivity contribution in [1.82, 2.24) is 15.1 Å². The van der Waals surface area contributed by atoms with Crippen LogP contribution in [0.25, 0.3) is 0 Å². The van der Waals surface area contributed by atoms with E-state index in [0.717, 1.165) is 31.5 Å². The Morgan fingerprint density at radius 3 is 2.50 bits per heavy atom. The quantitative estimate of drug-likeness (QED) is 0.793. The minimum Gasteiger partial charge on any atom is -0.380 e. The summed E-state index contributed by atoms with van der Waals surface area (Å²) in [5.41, 5.74) is 1.17. The molecule has 2 heterocycles. The van der Waals surface area contributed by atoms with Crippen LogP contribution in [-0.4, -0.2) is 47.2 Å². The van der Waals surface area contributed by atoms with E-state index >= 15 is 0 Å². The van der Waals surface area contributed by atoms with Gasteiger partial charge in [0.2, 0.25) is 5.91 Å². The van der Waals surface area contributed by atoms with Gasteiger partial charge in [0.1, 0.15) is 5.70 Å². The molecule has 24 heavy (non-hydrogen) atoms. The van der Waals surface area contributed by atoms with Crippen molar-refractivity contribution in [3.05, 3.63) is 47.7 Å². The van der Waals surface area contributed by atoms with E-state index in [1.54, 1.807) is 0 Å². The molecule has 6 nitrogen and oxygen atoms in total. The van der Waals surface area contributed by atoms with E-state index in [4.69, 9.17) is 0 Å². The second-order valence-corrected chi connectivity index (χ2v) is 6.04. The largest absolute Gasteiger partial charge is 0.380 e. The molecular weight excluding hydrogens is 306 g/mol. The third kappa shape index (κ3) is 3.64. The van der Waals surface area contributed by atoms with Crippen LogP contribution in [0.3, 0.4) is 0 Å². The molecule has 0 saturated carbocycles. The Hall–Kier alpha value is -2.63. The lowest BCUT2D eigenvalue weighted by molar-refractivity contribution is -0.138. The van der Waals surface area contributed by atoms with Crippen LogP contribution in [0.4, 0.5) is 0 Å². The lowest BCUT2D eigenvalue weighted by Crippen LogP contribution is -2.34. The van der Waals surface area contributed by atoms with Crippen LogP contribution in [0.1, 0.15) is 24.8 Å². The van der Waals surface area contributed by atoms with Gasteiger partial charge in [0.05, 0.1) is 6.54 Å². The number of nitrogens with zero attached hydrogens (tertiary/aromatic N) is 2. The van der Waals surface area contributed by atoms with Crippen LogP contribution >= 0.6 is 0 Å². The van der Waals surface area contributed by atoms with Gasteiger partial charge in [-0.15, -0.1) is 0 Å². The molecule has 1 aromatic carbocycles. The Bertz CT molecular complexity index is 663. The second-order valence-electron chi connectivity index (χ2n) is 6.04. The third-order valence-electron chi connectivity index (χ3n) is 4.31. The monoisotopic (exact) mass is 327 g/mol. The maximum absolute atomic E-state index is 12.3. The first kappa shape index (κ1) is 16.2. The summed E-state index contributed by atoms with van der Waals surface area (Å²) in [5.74, 6) is -0.562. The number of carbonyl (C=O) groups is 3. The van der Waals surface area contributed by atoms with Gasteiger partial charge in [0.15, 0.2) is 0 Å². The number of hydrogen-bond donors (Lipinski definition) is 1. The fraction of sp³-hybridized carbons (Fsp3) is 0.389. The van der Waals surface area contributed by atoms with Crippen LogP contribution in [0.5, 0.6) is 0 Å². The summed E-state index contributed by atoms with van der Waals surface area (Å²) in [6.45, 7) is 2.26. The molecule has 1 saturated heterocycles. The van der Waals surface area contributed by atoms with Gasteiger partial charge in [-0.3, -0.25) is 19.3 Å². The minimum absolute atomic E-state index is 0.0958. The molecule has 1 N–H and O–H groups in total. The third-order valence-corrected chi connectivity index (χ3v) is 4.31. The van der Waals surface area contributed by atoms with Crippen molar-refractivity contribution in [3.8, 4) is 0 Å². The summed E-state index contributed by atoms with van der Waals surface area (Å²) in [6, 6.07) is 9.38. The van der Waals surface area contributed by atoms with Crippen molar-refractivity contribution in [2.45, 2.75) is 25.8 Å². The predicted molar refractivity (Wildman–Crippen MR) is 88.5 cm³/mol. The first-order chi connectivity index (χ1) is 11.6. The fourth-order valence-electron chi connectivity index (χ4n) is 2.98. The highest BCUT2D eigenvalue weighted by Gasteiger charge is 2.31. The van der Waals surface area contributed by atoms with Crippen LogP contribution in [-0.2, 0) is 20.9 Å². The zero-order valence-electron chi connectivity index (χ0n) is 13.5. The highest BCUT2D eigenvalue weighted by atomic mass is 16.2. The molecule has 0 aromatic heterocycles. The van der Waals surface area contributed by atoms with Crippen molar-refractivity contribution >= 4 is 17.7 Å². The molecule has 0 aliphatic carbocycles. The van der Waals surface area contributed by atoms with E-state index in [-0.39, 0.29) is 30.0 Å². The van der Waals surface area contributed by atoms with Gasteiger partial charge < -0.3 is 10.2 Å². The number of amides is 3. The Balaban J connectivity index is 1.50. The van der Waals surface area contributed by atoms with E-state index in [0.29, 0.717) is 13.0 Å². The van der Waals surface area contributed by atoms with E-state index in [9.17, 15) is 14.4 Å². The van der Waals surface area contributed by atoms with Crippen LogP contribution in [0, 0.1) is 0 Å². The van der Waals surface area contributed by atoms with Gasteiger partial charge in [-0.25, -0.2) is 0 Å². The maximum atomic E-state index is 12.3. The molecule has 0 spiro atoms. The molecule has 0 radical (unpaired) electrons. The van der Waals surface area contributed by atoms with Crippen molar-refractivity contribution in [2.75, 3.05) is 19.6 Å². The summed E-state index contributed by atoms with van der Waals surface area (Å²) >= 11 is 0. The first-order valence-corrected chi connectivity index (χ1v) is 8.28. The summed E-state index contributed by atoms with van der Waals surface area (Å²) in [4.78, 5) is 39.4. The molecule has 1 fully saturated rings. The Morgan fingerprint density at radius 1 is 1.08 bits per heavy atom. The zero-order chi connectivity index (χ0) is 16.9. The van der Waals surface area contributed by atoms with Gasteiger partial charge in [-0.1, -0.05) is 30.3 Å². The number of benzene rings is 1. The first-order valence-electron chi connectivity index (χ1n) is 8.28. The van der Waals surface area contributed by atoms with Crippen molar-refractivity contribution < 1.29 is 14.4 Å². The second kappa shape index (κ2) is 7.29. The van der Waals surface area contributed by atoms with E-state index in [2.05, 4.69) is 5.32 Å². The smallest absolute Gasteiger partial charge is 0.277 e. The van der Waals surface area contributed by atoms with Crippen LogP contribution < -0.4 is 5.32 Å². The molecule has 6 heteroatoms.